The average Bonchev–Trinajstić information content (AvgIpc) is 3.35. The minimum absolute atomic E-state index is 0.00525. The van der Waals surface area contributed by atoms with Crippen LogP contribution in [0, 0.1) is 5.92 Å². The van der Waals surface area contributed by atoms with Gasteiger partial charge in [-0.1, -0.05) is 44.2 Å². The van der Waals surface area contributed by atoms with E-state index < -0.39 is 60.2 Å². The minimum atomic E-state index is -1.55. The zero-order valence-electron chi connectivity index (χ0n) is 23.9. The van der Waals surface area contributed by atoms with Gasteiger partial charge in [0.1, 0.15) is 23.9 Å². The third-order valence-electron chi connectivity index (χ3n) is 6.80. The van der Waals surface area contributed by atoms with Gasteiger partial charge in [-0.15, -0.1) is 0 Å². The molecule has 9 N–H and O–H groups in total. The van der Waals surface area contributed by atoms with Gasteiger partial charge < -0.3 is 42.0 Å². The van der Waals surface area contributed by atoms with Gasteiger partial charge in [-0.3, -0.25) is 19.2 Å². The number of carbonyl (C=O) groups excluding carboxylic acids is 3. The minimum Gasteiger partial charge on any atom is -0.508 e. The molecule has 0 aliphatic rings. The number of aromatic amines is 1. The van der Waals surface area contributed by atoms with Crippen molar-refractivity contribution in [3.05, 3.63) is 65.9 Å². The first-order valence-electron chi connectivity index (χ1n) is 13.8. The van der Waals surface area contributed by atoms with Gasteiger partial charge in [0, 0.05) is 29.9 Å². The van der Waals surface area contributed by atoms with Crippen LogP contribution < -0.4 is 21.7 Å². The number of phenolic OH excluding ortho intramolecular Hbond substituents is 1. The standard InChI is InChI=1S/C30H37N5O8/c1-16(2)11-21(31)27(39)33-24(14-26(37)38)29(41)34-23(13-18-15-32-22-6-4-3-5-20(18)22)28(40)35-25(30(42)43)12-17-7-9-19(36)10-8-17/h3-10,15-16,21,23-25,32,36H,11-14,31H2,1-2H3,(H,33,39)(H,34,41)(H,35,40)(H,37,38)(H,42,43). The second-order valence-corrected chi connectivity index (χ2v) is 10.8. The molecule has 3 aromatic rings. The lowest BCUT2D eigenvalue weighted by Gasteiger charge is -2.25. The summed E-state index contributed by atoms with van der Waals surface area (Å²) in [6, 6.07) is 7.81. The highest BCUT2D eigenvalue weighted by molar-refractivity contribution is 5.96. The van der Waals surface area contributed by atoms with Gasteiger partial charge in [-0.05, 0) is 41.7 Å². The number of fused-ring (bicyclic) bond motifs is 1. The van der Waals surface area contributed by atoms with Crippen molar-refractivity contribution < 1.29 is 39.3 Å². The third kappa shape index (κ3) is 9.57. The maximum Gasteiger partial charge on any atom is 0.326 e. The fourth-order valence-corrected chi connectivity index (χ4v) is 4.62. The Bertz CT molecular complexity index is 1450. The number of amides is 3. The Labute approximate surface area is 247 Å². The fraction of sp³-hybridized carbons (Fsp3) is 0.367. The molecular weight excluding hydrogens is 558 g/mol. The number of phenols is 1. The average molecular weight is 596 g/mol. The van der Waals surface area contributed by atoms with E-state index in [0.717, 1.165) is 10.9 Å². The molecule has 0 spiro atoms. The van der Waals surface area contributed by atoms with Crippen molar-refractivity contribution in [1.82, 2.24) is 20.9 Å². The van der Waals surface area contributed by atoms with Crippen LogP contribution >= 0.6 is 0 Å². The van der Waals surface area contributed by atoms with Crippen molar-refractivity contribution in [1.29, 1.82) is 0 Å². The SMILES string of the molecule is CC(C)CC(N)C(=O)NC(CC(=O)O)C(=O)NC(Cc1c[nH]c2ccccc12)C(=O)NC(Cc1ccc(O)cc1)C(=O)O. The van der Waals surface area contributed by atoms with Crippen molar-refractivity contribution in [3.63, 3.8) is 0 Å². The number of nitrogens with two attached hydrogens (primary N) is 1. The summed E-state index contributed by atoms with van der Waals surface area (Å²) in [7, 11) is 0. The van der Waals surface area contributed by atoms with Gasteiger partial charge in [-0.2, -0.15) is 0 Å². The second kappa shape index (κ2) is 14.8. The Morgan fingerprint density at radius 1 is 0.814 bits per heavy atom. The number of aromatic nitrogens is 1. The molecule has 1 aromatic heterocycles. The normalized spacial score (nSPS) is 14.0. The lowest BCUT2D eigenvalue weighted by Crippen LogP contribution is -2.58. The molecule has 0 aliphatic carbocycles. The van der Waals surface area contributed by atoms with Crippen LogP contribution in [0.25, 0.3) is 10.9 Å². The largest absolute Gasteiger partial charge is 0.508 e. The Hall–Kier alpha value is -4.91. The van der Waals surface area contributed by atoms with E-state index in [-0.39, 0.29) is 24.5 Å². The second-order valence-electron chi connectivity index (χ2n) is 10.8. The van der Waals surface area contributed by atoms with Gasteiger partial charge >= 0.3 is 11.9 Å². The number of H-pyrrole nitrogens is 1. The maximum atomic E-state index is 13.5. The molecule has 2 aromatic carbocycles. The molecule has 0 saturated heterocycles. The molecule has 43 heavy (non-hydrogen) atoms. The molecule has 0 aliphatic heterocycles. The molecule has 1 heterocycles. The van der Waals surface area contributed by atoms with Crippen LogP contribution in [0.2, 0.25) is 0 Å². The lowest BCUT2D eigenvalue weighted by molar-refractivity contribution is -0.143. The van der Waals surface area contributed by atoms with Crippen molar-refractivity contribution in [2.75, 3.05) is 0 Å². The summed E-state index contributed by atoms with van der Waals surface area (Å²) in [5.41, 5.74) is 7.86. The van der Waals surface area contributed by atoms with Gasteiger partial charge in [0.25, 0.3) is 0 Å². The molecule has 0 fully saturated rings. The Balaban J connectivity index is 1.86. The summed E-state index contributed by atoms with van der Waals surface area (Å²) < 4.78 is 0. The summed E-state index contributed by atoms with van der Waals surface area (Å²) in [6.45, 7) is 3.71. The molecule has 230 valence electrons. The number of hydrogen-bond donors (Lipinski definition) is 8. The van der Waals surface area contributed by atoms with Gasteiger partial charge in [-0.25, -0.2) is 4.79 Å². The van der Waals surface area contributed by atoms with Crippen LogP contribution in [0.1, 0.15) is 37.8 Å². The van der Waals surface area contributed by atoms with Gasteiger partial charge in [0.2, 0.25) is 17.7 Å². The van der Waals surface area contributed by atoms with Crippen LogP contribution in [0.4, 0.5) is 0 Å². The number of aromatic hydroxyl groups is 1. The first-order chi connectivity index (χ1) is 20.3. The zero-order valence-corrected chi connectivity index (χ0v) is 23.9. The van der Waals surface area contributed by atoms with E-state index in [2.05, 4.69) is 20.9 Å². The fourth-order valence-electron chi connectivity index (χ4n) is 4.62. The monoisotopic (exact) mass is 595 g/mol. The highest BCUT2D eigenvalue weighted by atomic mass is 16.4. The van der Waals surface area contributed by atoms with E-state index in [0.29, 0.717) is 17.5 Å². The maximum absolute atomic E-state index is 13.5. The summed E-state index contributed by atoms with van der Waals surface area (Å²) in [6.07, 6.45) is 1.00. The smallest absolute Gasteiger partial charge is 0.326 e. The summed E-state index contributed by atoms with van der Waals surface area (Å²) in [5, 5.41) is 36.9. The van der Waals surface area contributed by atoms with Crippen LogP contribution in [-0.2, 0) is 36.8 Å². The van der Waals surface area contributed by atoms with E-state index in [4.69, 9.17) is 5.73 Å². The molecule has 3 amide bonds. The molecular formula is C30H37N5O8. The van der Waals surface area contributed by atoms with E-state index in [9.17, 15) is 39.3 Å². The molecule has 4 atom stereocenters. The lowest BCUT2D eigenvalue weighted by atomic mass is 10.0. The highest BCUT2D eigenvalue weighted by Crippen LogP contribution is 2.20. The van der Waals surface area contributed by atoms with Crippen LogP contribution in [0.15, 0.2) is 54.7 Å². The van der Waals surface area contributed by atoms with E-state index >= 15 is 0 Å². The number of carboxylic acid groups (broad SMARTS) is 2. The third-order valence-corrected chi connectivity index (χ3v) is 6.80. The van der Waals surface area contributed by atoms with Crippen molar-refractivity contribution >= 4 is 40.6 Å². The number of rotatable bonds is 15. The van der Waals surface area contributed by atoms with Crippen LogP contribution in [-0.4, -0.2) is 74.1 Å². The zero-order chi connectivity index (χ0) is 31.7. The Morgan fingerprint density at radius 2 is 1.42 bits per heavy atom. The number of hydrogen-bond acceptors (Lipinski definition) is 7. The number of aliphatic carboxylic acids is 2. The van der Waals surface area contributed by atoms with Gasteiger partial charge in [0.05, 0.1) is 12.5 Å². The quantitative estimate of drug-likeness (QED) is 0.125. The summed E-state index contributed by atoms with van der Waals surface area (Å²) >= 11 is 0. The first kappa shape index (κ1) is 32.6. The first-order valence-corrected chi connectivity index (χ1v) is 13.8. The summed E-state index contributed by atoms with van der Waals surface area (Å²) in [4.78, 5) is 66.2. The molecule has 13 heteroatoms. The molecule has 0 saturated carbocycles. The highest BCUT2D eigenvalue weighted by Gasteiger charge is 2.32. The Morgan fingerprint density at radius 3 is 2.05 bits per heavy atom. The van der Waals surface area contributed by atoms with Crippen LogP contribution in [0.3, 0.4) is 0 Å². The van der Waals surface area contributed by atoms with Crippen molar-refractivity contribution in [2.45, 2.75) is 63.7 Å². The van der Waals surface area contributed by atoms with Crippen molar-refractivity contribution in [2.24, 2.45) is 11.7 Å². The molecule has 0 bridgehead atoms. The van der Waals surface area contributed by atoms with E-state index in [1.807, 2.05) is 32.0 Å². The van der Waals surface area contributed by atoms with Gasteiger partial charge in [0.15, 0.2) is 0 Å². The number of carboxylic acids is 2. The topological polar surface area (TPSA) is 224 Å². The molecule has 3 rings (SSSR count). The van der Waals surface area contributed by atoms with Crippen LogP contribution in [0.5, 0.6) is 5.75 Å². The number of carbonyl (C=O) groups is 5. The molecule has 0 radical (unpaired) electrons. The number of benzene rings is 2. The van der Waals surface area contributed by atoms with E-state index in [1.54, 1.807) is 12.3 Å². The summed E-state index contributed by atoms with van der Waals surface area (Å²) in [5.74, 6) is -5.12. The van der Waals surface area contributed by atoms with E-state index in [1.165, 1.54) is 24.3 Å². The number of nitrogens with one attached hydrogen (secondary N) is 4. The predicted octanol–water partition coefficient (Wildman–Crippen LogP) is 1.05. The van der Waals surface area contributed by atoms with Crippen molar-refractivity contribution in [3.8, 4) is 5.75 Å². The Kier molecular flexibility index (Phi) is 11.2. The molecule has 13 nitrogen and oxygen atoms in total. The predicted molar refractivity (Wildman–Crippen MR) is 157 cm³/mol. The molecule has 4 unspecified atom stereocenters. The number of para-hydroxylation sites is 1.